The Morgan fingerprint density at radius 1 is 0.648 bits per heavy atom. The van der Waals surface area contributed by atoms with Gasteiger partial charge in [0.1, 0.15) is 6.61 Å². The van der Waals surface area contributed by atoms with Crippen molar-refractivity contribution in [3.63, 3.8) is 0 Å². The Kier molecular flexibility index (Phi) is 36.4. The lowest BCUT2D eigenvalue weighted by molar-refractivity contribution is -0.161. The van der Waals surface area contributed by atoms with Crippen LogP contribution in [-0.2, 0) is 32.7 Å². The van der Waals surface area contributed by atoms with Gasteiger partial charge in [0.2, 0.25) is 0 Å². The Morgan fingerprint density at radius 2 is 1.19 bits per heavy atom. The van der Waals surface area contributed by atoms with Crippen molar-refractivity contribution in [1.29, 1.82) is 0 Å². The molecular formula is C43H72NO9P. The molecule has 54 heavy (non-hydrogen) atoms. The largest absolute Gasteiger partial charge is 0.472 e. The quantitative estimate of drug-likeness (QED) is 0.0242. The van der Waals surface area contributed by atoms with E-state index in [4.69, 9.17) is 24.3 Å². The fraction of sp³-hybridized carbons (Fsp3) is 0.628. The van der Waals surface area contributed by atoms with E-state index in [0.717, 1.165) is 89.9 Å². The number of nitrogens with two attached hydrogens (primary N) is 1. The molecule has 0 aliphatic carbocycles. The minimum absolute atomic E-state index is 0.0307. The van der Waals surface area contributed by atoms with E-state index in [-0.39, 0.29) is 38.7 Å². The van der Waals surface area contributed by atoms with Crippen molar-refractivity contribution in [2.45, 2.75) is 148 Å². The van der Waals surface area contributed by atoms with Crippen LogP contribution in [0.2, 0.25) is 0 Å². The molecule has 0 radical (unpaired) electrons. The number of esters is 2. The first kappa shape index (κ1) is 51.1. The van der Waals surface area contributed by atoms with Crippen LogP contribution in [0.1, 0.15) is 136 Å². The average molecular weight is 778 g/mol. The summed E-state index contributed by atoms with van der Waals surface area (Å²) in [5.41, 5.74) is 5.33. The Morgan fingerprint density at radius 3 is 1.80 bits per heavy atom. The maximum absolute atomic E-state index is 12.5. The number of ether oxygens (including phenoxy) is 2. The number of phosphoric acid groups is 1. The fourth-order valence-corrected chi connectivity index (χ4v) is 5.60. The maximum Gasteiger partial charge on any atom is 0.472 e. The lowest BCUT2D eigenvalue weighted by Gasteiger charge is -2.19. The van der Waals surface area contributed by atoms with Gasteiger partial charge in [0.05, 0.1) is 19.3 Å². The summed E-state index contributed by atoms with van der Waals surface area (Å²) in [6, 6.07) is 0. The van der Waals surface area contributed by atoms with Crippen LogP contribution in [0.5, 0.6) is 0 Å². The topological polar surface area (TPSA) is 155 Å². The Balaban J connectivity index is 4.38. The van der Waals surface area contributed by atoms with Crippen LogP contribution >= 0.6 is 7.82 Å². The van der Waals surface area contributed by atoms with E-state index in [2.05, 4.69) is 74.6 Å². The summed E-state index contributed by atoms with van der Waals surface area (Å²) in [7, 11) is -4.41. The summed E-state index contributed by atoms with van der Waals surface area (Å²) < 4.78 is 32.6. The number of aliphatic hydroxyl groups is 1. The molecule has 0 aliphatic rings. The molecule has 0 amide bonds. The first-order valence-electron chi connectivity index (χ1n) is 20.2. The van der Waals surface area contributed by atoms with Crippen molar-refractivity contribution in [1.82, 2.24) is 0 Å². The van der Waals surface area contributed by atoms with Crippen molar-refractivity contribution in [3.05, 3.63) is 85.1 Å². The number of carbonyl (C=O) groups excluding carboxylic acids is 2. The zero-order valence-corrected chi connectivity index (χ0v) is 34.2. The smallest absolute Gasteiger partial charge is 0.462 e. The Labute approximate surface area is 326 Å². The summed E-state index contributed by atoms with van der Waals surface area (Å²) >= 11 is 0. The van der Waals surface area contributed by atoms with E-state index < -0.39 is 32.5 Å². The highest BCUT2D eigenvalue weighted by molar-refractivity contribution is 7.47. The normalized spacial score (nSPS) is 14.8. The zero-order chi connectivity index (χ0) is 39.8. The molecule has 0 aliphatic heterocycles. The maximum atomic E-state index is 12.5. The first-order valence-corrected chi connectivity index (χ1v) is 21.6. The lowest BCUT2D eigenvalue weighted by atomic mass is 10.1. The van der Waals surface area contributed by atoms with Gasteiger partial charge in [-0.2, -0.15) is 0 Å². The molecule has 0 rings (SSSR count). The van der Waals surface area contributed by atoms with Gasteiger partial charge in [0, 0.05) is 19.4 Å². The SMILES string of the molecule is CC/C=C\C/C=C\C/C=C\CCCCCCCC(=O)OC[C@H](COP(=O)(O)OCCN)OC(=O)CCC/C=C\C/C=C\C/C=C\C/C=C\[C@H](O)CCCC. The lowest BCUT2D eigenvalue weighted by Crippen LogP contribution is -2.29. The number of hydrogen-bond acceptors (Lipinski definition) is 9. The van der Waals surface area contributed by atoms with Crippen molar-refractivity contribution in [2.75, 3.05) is 26.4 Å². The summed E-state index contributed by atoms with van der Waals surface area (Å²) in [5.74, 6) is -0.947. The monoisotopic (exact) mass is 777 g/mol. The van der Waals surface area contributed by atoms with Crippen LogP contribution in [0.25, 0.3) is 0 Å². The molecule has 0 aromatic carbocycles. The van der Waals surface area contributed by atoms with Crippen LogP contribution < -0.4 is 5.73 Å². The van der Waals surface area contributed by atoms with Gasteiger partial charge < -0.3 is 25.2 Å². The van der Waals surface area contributed by atoms with Crippen molar-refractivity contribution in [3.8, 4) is 0 Å². The molecule has 4 N–H and O–H groups in total. The minimum atomic E-state index is -4.41. The second-order valence-corrected chi connectivity index (χ2v) is 14.4. The van der Waals surface area contributed by atoms with E-state index in [9.17, 15) is 24.2 Å². The molecule has 11 heteroatoms. The summed E-state index contributed by atoms with van der Waals surface area (Å²) in [6.07, 6.45) is 43.8. The number of carbonyl (C=O) groups is 2. The molecule has 0 aromatic rings. The number of unbranched alkanes of at least 4 members (excludes halogenated alkanes) is 7. The van der Waals surface area contributed by atoms with Crippen molar-refractivity contribution >= 4 is 19.8 Å². The molecule has 10 nitrogen and oxygen atoms in total. The van der Waals surface area contributed by atoms with Crippen LogP contribution in [-0.4, -0.2) is 60.5 Å². The van der Waals surface area contributed by atoms with Gasteiger partial charge in [-0.25, -0.2) is 4.57 Å². The number of allylic oxidation sites excluding steroid dienone is 13. The van der Waals surface area contributed by atoms with Gasteiger partial charge in [0.25, 0.3) is 0 Å². The van der Waals surface area contributed by atoms with E-state index in [1.165, 1.54) is 0 Å². The first-order chi connectivity index (χ1) is 26.2. The van der Waals surface area contributed by atoms with Crippen LogP contribution in [0, 0.1) is 0 Å². The fourth-order valence-electron chi connectivity index (χ4n) is 4.83. The molecule has 0 spiro atoms. The van der Waals surface area contributed by atoms with Gasteiger partial charge in [-0.15, -0.1) is 0 Å². The molecule has 1 unspecified atom stereocenters. The summed E-state index contributed by atoms with van der Waals surface area (Å²) in [6.45, 7) is 3.33. The number of aliphatic hydroxyl groups excluding tert-OH is 1. The molecule has 0 aromatic heterocycles. The Hall–Kier alpha value is -2.85. The molecule has 0 saturated carbocycles. The van der Waals surface area contributed by atoms with Gasteiger partial charge in [-0.1, -0.05) is 131 Å². The zero-order valence-electron chi connectivity index (χ0n) is 33.3. The van der Waals surface area contributed by atoms with E-state index in [1.54, 1.807) is 0 Å². The summed E-state index contributed by atoms with van der Waals surface area (Å²) in [4.78, 5) is 34.8. The van der Waals surface area contributed by atoms with Gasteiger partial charge >= 0.3 is 19.8 Å². The number of hydrogen-bond donors (Lipinski definition) is 3. The third-order valence-corrected chi connectivity index (χ3v) is 8.82. The number of phosphoric ester groups is 1. The Bertz CT molecular complexity index is 1180. The molecule has 0 saturated heterocycles. The van der Waals surface area contributed by atoms with E-state index in [1.807, 2.05) is 24.3 Å². The van der Waals surface area contributed by atoms with Crippen molar-refractivity contribution < 1.29 is 42.7 Å². The van der Waals surface area contributed by atoms with Crippen LogP contribution in [0.15, 0.2) is 85.1 Å². The molecular weight excluding hydrogens is 705 g/mol. The predicted octanol–water partition coefficient (Wildman–Crippen LogP) is 10.2. The van der Waals surface area contributed by atoms with Gasteiger partial charge in [0.15, 0.2) is 6.10 Å². The minimum Gasteiger partial charge on any atom is -0.462 e. The second kappa shape index (κ2) is 38.4. The highest BCUT2D eigenvalue weighted by Gasteiger charge is 2.25. The molecule has 0 heterocycles. The number of rotatable bonds is 36. The third-order valence-electron chi connectivity index (χ3n) is 7.84. The molecule has 3 atom stereocenters. The van der Waals surface area contributed by atoms with Crippen LogP contribution in [0.3, 0.4) is 0 Å². The van der Waals surface area contributed by atoms with E-state index >= 15 is 0 Å². The molecule has 0 fully saturated rings. The second-order valence-electron chi connectivity index (χ2n) is 12.9. The average Bonchev–Trinajstić information content (AvgIpc) is 3.15. The summed E-state index contributed by atoms with van der Waals surface area (Å²) in [5, 5.41) is 9.80. The third kappa shape index (κ3) is 37.5. The molecule has 0 bridgehead atoms. The van der Waals surface area contributed by atoms with E-state index in [0.29, 0.717) is 19.3 Å². The van der Waals surface area contributed by atoms with Crippen LogP contribution in [0.4, 0.5) is 0 Å². The predicted molar refractivity (Wildman–Crippen MR) is 221 cm³/mol. The highest BCUT2D eigenvalue weighted by atomic mass is 31.2. The van der Waals surface area contributed by atoms with Gasteiger partial charge in [-0.3, -0.25) is 18.6 Å². The van der Waals surface area contributed by atoms with Gasteiger partial charge in [-0.05, 0) is 77.0 Å². The standard InChI is InChI=1S/C43H72NO9P/c1-3-5-7-8-9-10-11-12-13-14-18-21-24-27-30-34-42(46)50-38-41(39-52-54(48,49)51-37-36-44)53-43(47)35-31-28-25-22-19-16-15-17-20-23-26-29-33-40(45)32-6-4-2/h5,7,9-10,12-13,15-16,20,22-23,25,29,33,40-41,45H,3-4,6,8,11,14,17-19,21,24,26-28,30-32,34-39,44H2,1-2H3,(H,48,49)/b7-5-,10-9-,13-12-,16-15-,23-20-,25-22-,33-29-/t40-,41-/m1/s1. The highest BCUT2D eigenvalue weighted by Crippen LogP contribution is 2.43. The molecule has 308 valence electrons. The van der Waals surface area contributed by atoms with Crippen molar-refractivity contribution in [2.24, 2.45) is 5.73 Å².